The second-order valence-electron chi connectivity index (χ2n) is 5.14. The van der Waals surface area contributed by atoms with Crippen LogP contribution in [0.5, 0.6) is 0 Å². The first-order valence-electron chi connectivity index (χ1n) is 6.83. The van der Waals surface area contributed by atoms with Gasteiger partial charge >= 0.3 is 0 Å². The van der Waals surface area contributed by atoms with Crippen molar-refractivity contribution in [1.82, 2.24) is 14.6 Å². The summed E-state index contributed by atoms with van der Waals surface area (Å²) in [6, 6.07) is 4.18. The van der Waals surface area contributed by atoms with Gasteiger partial charge in [-0.3, -0.25) is 0 Å². The topological polar surface area (TPSA) is 30.2 Å². The normalized spacial score (nSPS) is 15.4. The molecule has 0 bridgehead atoms. The SMILES string of the molecule is CCCCCc1nc2cc(C3CC3)cc(Cl)n2n1. The third-order valence-corrected chi connectivity index (χ3v) is 3.78. The molecule has 0 unspecified atom stereocenters. The van der Waals surface area contributed by atoms with E-state index in [0.29, 0.717) is 11.1 Å². The number of nitrogens with zero attached hydrogens (tertiary/aromatic N) is 3. The average molecular weight is 264 g/mol. The summed E-state index contributed by atoms with van der Waals surface area (Å²) < 4.78 is 1.76. The van der Waals surface area contributed by atoms with E-state index in [-0.39, 0.29) is 0 Å². The molecule has 1 fully saturated rings. The number of hydrogen-bond acceptors (Lipinski definition) is 2. The molecule has 0 radical (unpaired) electrons. The van der Waals surface area contributed by atoms with Crippen LogP contribution in [-0.2, 0) is 6.42 Å². The summed E-state index contributed by atoms with van der Waals surface area (Å²) in [6.45, 7) is 2.20. The molecular weight excluding hydrogens is 246 g/mol. The Balaban J connectivity index is 1.88. The van der Waals surface area contributed by atoms with Gasteiger partial charge < -0.3 is 0 Å². The Bertz CT molecular complexity index is 557. The van der Waals surface area contributed by atoms with Crippen molar-refractivity contribution >= 4 is 17.2 Å². The minimum Gasteiger partial charge on any atom is -0.212 e. The molecule has 0 aromatic carbocycles. The minimum atomic E-state index is 0.684. The molecule has 2 aromatic rings. The molecule has 0 amide bonds. The predicted molar refractivity (Wildman–Crippen MR) is 73.2 cm³/mol. The van der Waals surface area contributed by atoms with Crippen LogP contribution >= 0.6 is 11.6 Å². The lowest BCUT2D eigenvalue weighted by molar-refractivity contribution is 0.692. The number of rotatable bonds is 5. The molecule has 3 nitrogen and oxygen atoms in total. The van der Waals surface area contributed by atoms with E-state index in [2.05, 4.69) is 23.1 Å². The van der Waals surface area contributed by atoms with Crippen LogP contribution in [0.25, 0.3) is 5.65 Å². The van der Waals surface area contributed by atoms with Gasteiger partial charge in [-0.1, -0.05) is 31.4 Å². The monoisotopic (exact) mass is 263 g/mol. The van der Waals surface area contributed by atoms with Crippen molar-refractivity contribution in [3.8, 4) is 0 Å². The molecule has 0 N–H and O–H groups in total. The zero-order valence-corrected chi connectivity index (χ0v) is 11.5. The Morgan fingerprint density at radius 3 is 2.89 bits per heavy atom. The Morgan fingerprint density at radius 2 is 2.17 bits per heavy atom. The van der Waals surface area contributed by atoms with Crippen LogP contribution in [0.1, 0.15) is 56.3 Å². The summed E-state index contributed by atoms with van der Waals surface area (Å²) in [5, 5.41) is 5.16. The number of unbranched alkanes of at least 4 members (excludes halogenated alkanes) is 2. The first kappa shape index (κ1) is 12.0. The third-order valence-electron chi connectivity index (χ3n) is 3.51. The summed E-state index contributed by atoms with van der Waals surface area (Å²) in [5.41, 5.74) is 2.22. The highest BCUT2D eigenvalue weighted by Gasteiger charge is 2.24. The quantitative estimate of drug-likeness (QED) is 0.603. The van der Waals surface area contributed by atoms with Crippen molar-refractivity contribution in [2.24, 2.45) is 0 Å². The first-order valence-corrected chi connectivity index (χ1v) is 7.21. The van der Waals surface area contributed by atoms with Crippen LogP contribution in [0.3, 0.4) is 0 Å². The first-order chi connectivity index (χ1) is 8.78. The molecule has 3 rings (SSSR count). The Kier molecular flexibility index (Phi) is 3.25. The average Bonchev–Trinajstić information content (AvgIpc) is 3.11. The van der Waals surface area contributed by atoms with E-state index in [1.165, 1.54) is 31.2 Å². The number of pyridine rings is 1. The molecule has 2 aromatic heterocycles. The van der Waals surface area contributed by atoms with E-state index >= 15 is 0 Å². The molecule has 1 aliphatic carbocycles. The van der Waals surface area contributed by atoms with Gasteiger partial charge in [-0.25, -0.2) is 9.50 Å². The fourth-order valence-corrected chi connectivity index (χ4v) is 2.55. The van der Waals surface area contributed by atoms with E-state index in [9.17, 15) is 0 Å². The van der Waals surface area contributed by atoms with Gasteiger partial charge in [-0.05, 0) is 42.9 Å². The van der Waals surface area contributed by atoms with E-state index in [1.54, 1.807) is 4.52 Å². The predicted octanol–water partition coefficient (Wildman–Crippen LogP) is 3.99. The molecule has 0 saturated heterocycles. The van der Waals surface area contributed by atoms with Crippen LogP contribution in [0.4, 0.5) is 0 Å². The molecule has 4 heteroatoms. The number of halogens is 1. The lowest BCUT2D eigenvalue weighted by atomic mass is 10.2. The van der Waals surface area contributed by atoms with Crippen LogP contribution in [0.15, 0.2) is 12.1 Å². The lowest BCUT2D eigenvalue weighted by Gasteiger charge is -2.00. The zero-order chi connectivity index (χ0) is 12.5. The van der Waals surface area contributed by atoms with Gasteiger partial charge in [0.1, 0.15) is 5.15 Å². The molecule has 0 aliphatic heterocycles. The zero-order valence-electron chi connectivity index (χ0n) is 10.7. The van der Waals surface area contributed by atoms with Crippen molar-refractivity contribution in [2.45, 2.75) is 51.4 Å². The Morgan fingerprint density at radius 1 is 1.33 bits per heavy atom. The highest BCUT2D eigenvalue weighted by atomic mass is 35.5. The van der Waals surface area contributed by atoms with Crippen molar-refractivity contribution in [1.29, 1.82) is 0 Å². The number of hydrogen-bond donors (Lipinski definition) is 0. The van der Waals surface area contributed by atoms with Gasteiger partial charge in [0.25, 0.3) is 0 Å². The Labute approximate surface area is 112 Å². The number of aryl methyl sites for hydroxylation is 1. The maximum Gasteiger partial charge on any atom is 0.157 e. The second kappa shape index (κ2) is 4.88. The molecule has 1 aliphatic rings. The highest BCUT2D eigenvalue weighted by Crippen LogP contribution is 2.41. The van der Waals surface area contributed by atoms with E-state index in [4.69, 9.17) is 11.6 Å². The number of fused-ring (bicyclic) bond motifs is 1. The van der Waals surface area contributed by atoms with Gasteiger partial charge in [-0.15, -0.1) is 5.10 Å². The molecule has 2 heterocycles. The molecule has 96 valence electrons. The summed E-state index contributed by atoms with van der Waals surface area (Å²) in [5.74, 6) is 1.62. The smallest absolute Gasteiger partial charge is 0.157 e. The van der Waals surface area contributed by atoms with Crippen molar-refractivity contribution < 1.29 is 0 Å². The van der Waals surface area contributed by atoms with Crippen molar-refractivity contribution in [3.05, 3.63) is 28.7 Å². The highest BCUT2D eigenvalue weighted by molar-refractivity contribution is 6.29. The standard InChI is InChI=1S/C14H18ClN3/c1-2-3-4-5-13-16-14-9-11(10-6-7-10)8-12(15)18(14)17-13/h8-10H,2-7H2,1H3. The van der Waals surface area contributed by atoms with E-state index in [1.807, 2.05) is 6.07 Å². The fourth-order valence-electron chi connectivity index (χ4n) is 2.30. The van der Waals surface area contributed by atoms with Gasteiger partial charge in [0.05, 0.1) is 0 Å². The molecular formula is C14H18ClN3. The van der Waals surface area contributed by atoms with Crippen LogP contribution < -0.4 is 0 Å². The fraction of sp³-hybridized carbons (Fsp3) is 0.571. The maximum atomic E-state index is 6.27. The van der Waals surface area contributed by atoms with Gasteiger partial charge in [0, 0.05) is 6.42 Å². The second-order valence-corrected chi connectivity index (χ2v) is 5.53. The minimum absolute atomic E-state index is 0.684. The third kappa shape index (κ3) is 2.37. The Hall–Kier alpha value is -1.09. The number of aromatic nitrogens is 3. The van der Waals surface area contributed by atoms with Gasteiger partial charge in [-0.2, -0.15) is 0 Å². The van der Waals surface area contributed by atoms with Gasteiger partial charge in [0.2, 0.25) is 0 Å². The summed E-state index contributed by atoms with van der Waals surface area (Å²) in [4.78, 5) is 4.58. The summed E-state index contributed by atoms with van der Waals surface area (Å²) in [7, 11) is 0. The van der Waals surface area contributed by atoms with Crippen LogP contribution in [-0.4, -0.2) is 14.6 Å². The van der Waals surface area contributed by atoms with Crippen molar-refractivity contribution in [3.63, 3.8) is 0 Å². The maximum absolute atomic E-state index is 6.27. The van der Waals surface area contributed by atoms with Crippen molar-refractivity contribution in [2.75, 3.05) is 0 Å². The van der Waals surface area contributed by atoms with Crippen LogP contribution in [0.2, 0.25) is 5.15 Å². The lowest BCUT2D eigenvalue weighted by Crippen LogP contribution is -1.93. The molecule has 0 spiro atoms. The van der Waals surface area contributed by atoms with E-state index < -0.39 is 0 Å². The summed E-state index contributed by atoms with van der Waals surface area (Å²) in [6.07, 6.45) is 7.12. The summed E-state index contributed by atoms with van der Waals surface area (Å²) >= 11 is 6.27. The van der Waals surface area contributed by atoms with E-state index in [0.717, 1.165) is 24.3 Å². The molecule has 0 atom stereocenters. The largest absolute Gasteiger partial charge is 0.212 e. The van der Waals surface area contributed by atoms with Crippen LogP contribution in [0, 0.1) is 0 Å². The molecule has 1 saturated carbocycles. The van der Waals surface area contributed by atoms with Gasteiger partial charge in [0.15, 0.2) is 11.5 Å². The molecule has 18 heavy (non-hydrogen) atoms.